The summed E-state index contributed by atoms with van der Waals surface area (Å²) in [6.45, 7) is 21.3. The van der Waals surface area contributed by atoms with Crippen molar-refractivity contribution in [3.63, 3.8) is 0 Å². The van der Waals surface area contributed by atoms with Crippen LogP contribution in [0, 0.1) is 41.5 Å². The van der Waals surface area contributed by atoms with Crippen molar-refractivity contribution in [2.75, 3.05) is 159 Å². The minimum atomic E-state index is 0.223. The monoisotopic (exact) mass is 1280 g/mol. The van der Waals surface area contributed by atoms with Crippen LogP contribution in [0.4, 0.5) is 0 Å². The maximum Gasteiger partial charge on any atom is 0.165 e. The van der Waals surface area contributed by atoms with Crippen LogP contribution in [0.2, 0.25) is 0 Å². The summed E-state index contributed by atoms with van der Waals surface area (Å²) in [5, 5.41) is 2.69. The van der Waals surface area contributed by atoms with E-state index in [1.54, 1.807) is 22.7 Å². The number of nitrogens with one attached hydrogen (secondary N) is 2. The lowest BCUT2D eigenvalue weighted by atomic mass is 9.91. The highest BCUT2D eigenvalue weighted by atomic mass is 32.1. The van der Waals surface area contributed by atoms with E-state index in [0.717, 1.165) is 43.2 Å². The van der Waals surface area contributed by atoms with Crippen LogP contribution >= 0.6 is 22.7 Å². The molecule has 8 aromatic rings. The van der Waals surface area contributed by atoms with E-state index in [9.17, 15) is 0 Å². The van der Waals surface area contributed by atoms with Gasteiger partial charge >= 0.3 is 0 Å². The summed E-state index contributed by atoms with van der Waals surface area (Å²) in [4.78, 5) is 45.2. The Bertz CT molecular complexity index is 3910. The minimum absolute atomic E-state index is 0.223. The molecule has 5 aliphatic heterocycles. The lowest BCUT2D eigenvalue weighted by Crippen LogP contribution is -2.13. The number of ether oxygens (including phenoxy) is 15. The standard InChI is InChI=1S/C66H74N8O15S2/c1-37-39(3)90-41(5)55(37)57-58(56-38(2)40(4)91-42(56)6)66-73-64-48-36-54-52(87-28-22-81-16-10-77-12-18-83-24-30-89-54)34-46(48)62(71-64)69-60-44-32-50-49(84-25-19-78-13-7-75-8-14-79-20-26-85-50)31-43(44)59(67-60)68-61-45-33-51-53(35-47(45)63(70-61)72-65(57)74-66)88-29-23-82-17-11-76-9-15-80-21-27-86-51/h31-36H,7-30H2,1-6H3,(H2,67,68,69,70,71,72,73,74). The van der Waals surface area contributed by atoms with Gasteiger partial charge in [0.1, 0.15) is 62.2 Å². The van der Waals surface area contributed by atoms with Gasteiger partial charge in [0.05, 0.1) is 119 Å². The molecule has 5 aliphatic rings. The normalized spacial score (nSPS) is 17.7. The Balaban J connectivity index is 1.12. The number of hydrogen-bond donors (Lipinski definition) is 2. The third kappa shape index (κ3) is 13.9. The SMILES string of the molecule is Cc1sc(C)c(C2=C(c3c(C)sc(C)c3C)c3nc2nc2[nH]c(nc4nc(nc5[nH]c(n3)c3cc6c(cc53)OCCOCCOCCOCCO6)-c3cc5c(cc3-4)OCCOCCOCCOCCO5)c3cc4c(cc23)OCCOCCOCCOCCO4)c1C. The number of rotatable bonds is 2. The molecular formula is C66H74N8O15S2. The average Bonchev–Trinajstić information content (AvgIpc) is 1.60. The summed E-state index contributed by atoms with van der Waals surface area (Å²) in [6.07, 6.45) is 0. The van der Waals surface area contributed by atoms with Gasteiger partial charge in [-0.15, -0.1) is 22.7 Å². The van der Waals surface area contributed by atoms with E-state index in [1.807, 2.05) is 36.4 Å². The third-order valence-electron chi connectivity index (χ3n) is 16.0. The molecule has 0 saturated carbocycles. The van der Waals surface area contributed by atoms with Crippen molar-refractivity contribution < 1.29 is 71.1 Å². The van der Waals surface area contributed by atoms with Gasteiger partial charge in [-0.2, -0.15) is 0 Å². The molecule has 0 atom stereocenters. The van der Waals surface area contributed by atoms with E-state index < -0.39 is 0 Å². The number of H-pyrrole nitrogens is 2. The van der Waals surface area contributed by atoms with E-state index >= 15 is 0 Å². The Hall–Kier alpha value is -7.40. The second-order valence-corrected chi connectivity index (χ2v) is 24.8. The molecule has 23 nitrogen and oxygen atoms in total. The summed E-state index contributed by atoms with van der Waals surface area (Å²) in [5.74, 6) is 4.32. The second kappa shape index (κ2) is 29.0. The zero-order valence-corrected chi connectivity index (χ0v) is 53.7. The fourth-order valence-electron chi connectivity index (χ4n) is 11.5. The smallest absolute Gasteiger partial charge is 0.165 e. The molecule has 8 bridgehead atoms. The molecule has 5 aromatic heterocycles. The Morgan fingerprint density at radius 2 is 0.505 bits per heavy atom. The number of nitrogens with zero attached hydrogens (tertiary/aromatic N) is 6. The first-order valence-electron chi connectivity index (χ1n) is 30.9. The molecule has 91 heavy (non-hydrogen) atoms. The molecule has 0 spiro atoms. The van der Waals surface area contributed by atoms with Gasteiger partial charge in [-0.25, -0.2) is 29.9 Å². The zero-order valence-electron chi connectivity index (χ0n) is 52.1. The van der Waals surface area contributed by atoms with E-state index in [4.69, 9.17) is 101 Å². The summed E-state index contributed by atoms with van der Waals surface area (Å²) in [6, 6.07) is 11.5. The fourth-order valence-corrected chi connectivity index (χ4v) is 13.6. The van der Waals surface area contributed by atoms with E-state index in [1.165, 1.54) is 9.75 Å². The van der Waals surface area contributed by atoms with Crippen molar-refractivity contribution in [3.8, 4) is 57.3 Å². The molecule has 0 aliphatic carbocycles. The van der Waals surface area contributed by atoms with Gasteiger partial charge in [-0.05, 0) is 89.1 Å². The highest BCUT2D eigenvalue weighted by Gasteiger charge is 2.33. The predicted molar refractivity (Wildman–Crippen MR) is 344 cm³/mol. The van der Waals surface area contributed by atoms with Crippen molar-refractivity contribution >= 4 is 78.0 Å². The molecule has 0 unspecified atom stereocenters. The first-order chi connectivity index (χ1) is 44.6. The summed E-state index contributed by atoms with van der Waals surface area (Å²) >= 11 is 3.49. The quantitative estimate of drug-likeness (QED) is 0.163. The van der Waals surface area contributed by atoms with Crippen LogP contribution < -0.4 is 28.4 Å². The van der Waals surface area contributed by atoms with Gasteiger partial charge in [-0.1, -0.05) is 0 Å². The van der Waals surface area contributed by atoms with Crippen LogP contribution in [0.3, 0.4) is 0 Å². The fraction of sp³-hybridized carbons (Fsp3) is 0.455. The Labute approximate surface area is 533 Å². The topological polar surface area (TPSA) is 247 Å². The first-order valence-corrected chi connectivity index (χ1v) is 32.5. The predicted octanol–water partition coefficient (Wildman–Crippen LogP) is 9.98. The molecule has 480 valence electrons. The van der Waals surface area contributed by atoms with Gasteiger partial charge < -0.3 is 81.0 Å². The first kappa shape index (κ1) is 62.4. The van der Waals surface area contributed by atoms with E-state index in [2.05, 4.69) is 51.5 Å². The Morgan fingerprint density at radius 3 is 0.758 bits per heavy atom. The number of benzene rings is 3. The van der Waals surface area contributed by atoms with Crippen LogP contribution in [0.1, 0.15) is 53.4 Å². The number of thiophene rings is 2. The number of aromatic amines is 2. The molecule has 0 radical (unpaired) electrons. The summed E-state index contributed by atoms with van der Waals surface area (Å²) in [5.41, 5.74) is 9.00. The lowest BCUT2D eigenvalue weighted by molar-refractivity contribution is 0.00708. The molecule has 0 amide bonds. The highest BCUT2D eigenvalue weighted by Crippen LogP contribution is 2.48. The number of hydrogen-bond acceptors (Lipinski definition) is 23. The maximum absolute atomic E-state index is 6.56. The van der Waals surface area contributed by atoms with Gasteiger partial charge in [0.2, 0.25) is 0 Å². The van der Waals surface area contributed by atoms with Crippen LogP contribution in [0.5, 0.6) is 34.5 Å². The van der Waals surface area contributed by atoms with Crippen LogP contribution in [-0.4, -0.2) is 198 Å². The van der Waals surface area contributed by atoms with Gasteiger partial charge in [-0.3, -0.25) is 0 Å². The lowest BCUT2D eigenvalue weighted by Gasteiger charge is -2.15. The van der Waals surface area contributed by atoms with Gasteiger partial charge in [0.15, 0.2) is 57.8 Å². The van der Waals surface area contributed by atoms with Gasteiger partial charge in [0.25, 0.3) is 0 Å². The maximum atomic E-state index is 6.56. The molecule has 25 heteroatoms. The van der Waals surface area contributed by atoms with Crippen LogP contribution in [-0.2, 0) is 42.6 Å². The van der Waals surface area contributed by atoms with E-state index in [-0.39, 0.29) is 39.6 Å². The Morgan fingerprint density at radius 1 is 0.275 bits per heavy atom. The molecule has 13 rings (SSSR count). The molecular weight excluding hydrogens is 1210 g/mol. The number of aromatic nitrogens is 8. The molecule has 0 saturated heterocycles. The second-order valence-electron chi connectivity index (χ2n) is 21.9. The van der Waals surface area contributed by atoms with Crippen LogP contribution in [0.15, 0.2) is 36.4 Å². The highest BCUT2D eigenvalue weighted by molar-refractivity contribution is 7.12. The molecule has 10 heterocycles. The minimum Gasteiger partial charge on any atom is -0.487 e. The number of aryl methyl sites for hydroxylation is 4. The van der Waals surface area contributed by atoms with Crippen molar-refractivity contribution in [1.29, 1.82) is 0 Å². The molecule has 3 aromatic carbocycles. The summed E-state index contributed by atoms with van der Waals surface area (Å²) < 4.78 is 91.8. The van der Waals surface area contributed by atoms with Crippen LogP contribution in [0.25, 0.3) is 78.1 Å². The van der Waals surface area contributed by atoms with Crippen molar-refractivity contribution in [3.05, 3.63) is 89.8 Å². The summed E-state index contributed by atoms with van der Waals surface area (Å²) in [7, 11) is 0. The average molecular weight is 1280 g/mol. The van der Waals surface area contributed by atoms with Crippen molar-refractivity contribution in [1.82, 2.24) is 39.9 Å². The molecule has 2 N–H and O–H groups in total. The van der Waals surface area contributed by atoms with E-state index in [0.29, 0.717) is 232 Å². The van der Waals surface area contributed by atoms with Crippen molar-refractivity contribution in [2.45, 2.75) is 41.5 Å². The van der Waals surface area contributed by atoms with Gasteiger partial charge in [0, 0.05) is 74.5 Å². The third-order valence-corrected chi connectivity index (χ3v) is 18.2. The van der Waals surface area contributed by atoms with Crippen molar-refractivity contribution in [2.24, 2.45) is 0 Å². The Kier molecular flexibility index (Phi) is 19.9. The molecule has 0 fully saturated rings. The largest absolute Gasteiger partial charge is 0.487 e. The zero-order chi connectivity index (χ0) is 62.2. The number of fused-ring (bicyclic) bond motifs is 20.